The van der Waals surface area contributed by atoms with E-state index in [-0.39, 0.29) is 5.91 Å². The summed E-state index contributed by atoms with van der Waals surface area (Å²) in [5, 5.41) is 2.35. The van der Waals surface area contributed by atoms with Crippen LogP contribution in [0.1, 0.15) is 11.1 Å². The van der Waals surface area contributed by atoms with Crippen LogP contribution in [-0.2, 0) is 11.4 Å². The van der Waals surface area contributed by atoms with Crippen molar-refractivity contribution in [3.05, 3.63) is 107 Å². The summed E-state index contributed by atoms with van der Waals surface area (Å²) < 4.78 is 12.2. The highest BCUT2D eigenvalue weighted by Gasteiger charge is 2.33. The van der Waals surface area contributed by atoms with Crippen LogP contribution < -0.4 is 14.4 Å². The topological polar surface area (TPSA) is 38.8 Å². The number of benzene rings is 4. The molecule has 1 heterocycles. The van der Waals surface area contributed by atoms with Crippen molar-refractivity contribution in [2.45, 2.75) is 6.61 Å². The Morgan fingerprint density at radius 2 is 1.68 bits per heavy atom. The molecule has 6 heteroatoms. The number of carbonyl (C=O) groups is 1. The summed E-state index contributed by atoms with van der Waals surface area (Å²) in [5.41, 5.74) is 2.71. The van der Waals surface area contributed by atoms with Gasteiger partial charge in [0.2, 0.25) is 0 Å². The summed E-state index contributed by atoms with van der Waals surface area (Å²) >= 11 is 6.75. The van der Waals surface area contributed by atoms with Gasteiger partial charge in [-0.05, 0) is 52.2 Å². The van der Waals surface area contributed by atoms with Crippen LogP contribution in [0.3, 0.4) is 0 Å². The maximum atomic E-state index is 13.0. The van der Waals surface area contributed by atoms with Crippen molar-refractivity contribution in [2.24, 2.45) is 0 Å². The Hall–Kier alpha value is -3.61. The van der Waals surface area contributed by atoms with E-state index in [1.807, 2.05) is 72.8 Å². The number of hydrogen-bond acceptors (Lipinski definition) is 5. The quantitative estimate of drug-likeness (QED) is 0.222. The number of thioether (sulfide) groups is 1. The molecule has 34 heavy (non-hydrogen) atoms. The van der Waals surface area contributed by atoms with Crippen LogP contribution in [-0.4, -0.2) is 17.3 Å². The molecule has 168 valence electrons. The number of anilines is 1. The molecule has 0 bridgehead atoms. The summed E-state index contributed by atoms with van der Waals surface area (Å²) in [6, 6.07) is 29.5. The predicted molar refractivity (Wildman–Crippen MR) is 143 cm³/mol. The summed E-state index contributed by atoms with van der Waals surface area (Å²) in [5.74, 6) is 1.12. The number of nitrogens with zero attached hydrogens (tertiary/aromatic N) is 1. The number of carbonyl (C=O) groups excluding carboxylic acids is 1. The minimum Gasteiger partial charge on any atom is -0.493 e. The van der Waals surface area contributed by atoms with Crippen LogP contribution in [0.15, 0.2) is 95.9 Å². The van der Waals surface area contributed by atoms with E-state index in [9.17, 15) is 4.79 Å². The molecule has 4 aromatic rings. The van der Waals surface area contributed by atoms with Crippen molar-refractivity contribution in [3.63, 3.8) is 0 Å². The lowest BCUT2D eigenvalue weighted by Crippen LogP contribution is -2.27. The molecule has 1 amide bonds. The van der Waals surface area contributed by atoms with Gasteiger partial charge in [-0.3, -0.25) is 9.69 Å². The van der Waals surface area contributed by atoms with Crippen molar-refractivity contribution in [1.82, 2.24) is 0 Å². The first-order valence-electron chi connectivity index (χ1n) is 10.7. The molecule has 4 aromatic carbocycles. The van der Waals surface area contributed by atoms with Crippen molar-refractivity contribution >= 4 is 56.7 Å². The molecule has 1 saturated heterocycles. The maximum absolute atomic E-state index is 13.0. The first kappa shape index (κ1) is 22.2. The van der Waals surface area contributed by atoms with E-state index in [4.69, 9.17) is 21.7 Å². The highest BCUT2D eigenvalue weighted by atomic mass is 32.2. The van der Waals surface area contributed by atoms with Crippen molar-refractivity contribution < 1.29 is 14.3 Å². The third kappa shape index (κ3) is 4.42. The zero-order valence-electron chi connectivity index (χ0n) is 18.4. The number of para-hydroxylation sites is 1. The van der Waals surface area contributed by atoms with Gasteiger partial charge in [-0.1, -0.05) is 90.7 Å². The number of methoxy groups -OCH3 is 1. The highest BCUT2D eigenvalue weighted by Crippen LogP contribution is 2.37. The summed E-state index contributed by atoms with van der Waals surface area (Å²) in [7, 11) is 1.61. The molecule has 0 N–H and O–H groups in total. The number of fused-ring (bicyclic) bond motifs is 1. The van der Waals surface area contributed by atoms with Crippen molar-refractivity contribution in [1.29, 1.82) is 0 Å². The molecule has 4 nitrogen and oxygen atoms in total. The predicted octanol–water partition coefficient (Wildman–Crippen LogP) is 6.83. The fourth-order valence-corrected chi connectivity index (χ4v) is 5.18. The van der Waals surface area contributed by atoms with Crippen LogP contribution >= 0.6 is 24.0 Å². The summed E-state index contributed by atoms with van der Waals surface area (Å²) in [4.78, 5) is 15.1. The fourth-order valence-electron chi connectivity index (χ4n) is 3.89. The number of amides is 1. The van der Waals surface area contributed by atoms with Crippen LogP contribution in [0.5, 0.6) is 11.5 Å². The molecule has 0 aromatic heterocycles. The van der Waals surface area contributed by atoms with Gasteiger partial charge in [0, 0.05) is 0 Å². The molecular weight excluding hydrogens is 462 g/mol. The van der Waals surface area contributed by atoms with E-state index < -0.39 is 0 Å². The Morgan fingerprint density at radius 1 is 0.912 bits per heavy atom. The lowest BCUT2D eigenvalue weighted by molar-refractivity contribution is -0.113. The highest BCUT2D eigenvalue weighted by molar-refractivity contribution is 8.27. The van der Waals surface area contributed by atoms with E-state index in [2.05, 4.69) is 24.3 Å². The normalized spacial score (nSPS) is 14.7. The molecule has 0 spiro atoms. The molecule has 1 fully saturated rings. The molecule has 0 aliphatic carbocycles. The lowest BCUT2D eigenvalue weighted by Gasteiger charge is -2.14. The molecule has 0 saturated carbocycles. The molecule has 1 aliphatic heterocycles. The minimum absolute atomic E-state index is 0.128. The fraction of sp³-hybridized carbons (Fsp3) is 0.0714. The average Bonchev–Trinajstić information content (AvgIpc) is 3.15. The average molecular weight is 484 g/mol. The SMILES string of the molecule is COc1cc(/C=C2/SC(=S)N(c3ccccc3)C2=O)ccc1OCc1cccc2ccccc12. The number of hydrogen-bond donors (Lipinski definition) is 0. The number of thiocarbonyl (C=S) groups is 1. The smallest absolute Gasteiger partial charge is 0.270 e. The standard InChI is InChI=1S/C28H21NO3S2/c1-31-25-16-19(17-26-27(30)29(28(33)34-26)22-11-3-2-4-12-22)14-15-24(25)32-18-21-10-7-9-20-8-5-6-13-23(20)21/h2-17H,18H2,1H3/b26-17+. The number of ether oxygens (including phenoxy) is 2. The largest absolute Gasteiger partial charge is 0.493 e. The van der Waals surface area contributed by atoms with E-state index in [1.54, 1.807) is 12.0 Å². The van der Waals surface area contributed by atoms with E-state index in [0.29, 0.717) is 27.3 Å². The first-order chi connectivity index (χ1) is 16.6. The Morgan fingerprint density at radius 3 is 2.50 bits per heavy atom. The minimum atomic E-state index is -0.128. The second-order valence-electron chi connectivity index (χ2n) is 7.69. The van der Waals surface area contributed by atoms with Crippen LogP contribution in [0.25, 0.3) is 16.8 Å². The molecule has 5 rings (SSSR count). The Kier molecular flexibility index (Phi) is 6.34. The van der Waals surface area contributed by atoms with Gasteiger partial charge in [-0.2, -0.15) is 0 Å². The maximum Gasteiger partial charge on any atom is 0.270 e. The van der Waals surface area contributed by atoms with Gasteiger partial charge < -0.3 is 9.47 Å². The van der Waals surface area contributed by atoms with Gasteiger partial charge in [-0.15, -0.1) is 0 Å². The van der Waals surface area contributed by atoms with Crippen LogP contribution in [0.4, 0.5) is 5.69 Å². The van der Waals surface area contributed by atoms with E-state index in [0.717, 1.165) is 16.8 Å². The van der Waals surface area contributed by atoms with Gasteiger partial charge in [0.05, 0.1) is 17.7 Å². The van der Waals surface area contributed by atoms with Crippen molar-refractivity contribution in [3.8, 4) is 11.5 Å². The third-order valence-corrected chi connectivity index (χ3v) is 6.86. The number of rotatable bonds is 6. The Balaban J connectivity index is 1.36. The van der Waals surface area contributed by atoms with Gasteiger partial charge in [0.1, 0.15) is 6.61 Å². The van der Waals surface area contributed by atoms with Gasteiger partial charge in [0.25, 0.3) is 5.91 Å². The summed E-state index contributed by atoms with van der Waals surface area (Å²) in [6.07, 6.45) is 1.83. The second kappa shape index (κ2) is 9.71. The molecule has 0 atom stereocenters. The van der Waals surface area contributed by atoms with E-state index >= 15 is 0 Å². The molecule has 0 unspecified atom stereocenters. The van der Waals surface area contributed by atoms with Crippen molar-refractivity contribution in [2.75, 3.05) is 12.0 Å². The Bertz CT molecular complexity index is 1410. The third-order valence-electron chi connectivity index (χ3n) is 5.56. The lowest BCUT2D eigenvalue weighted by atomic mass is 10.1. The van der Waals surface area contributed by atoms with Gasteiger partial charge in [-0.25, -0.2) is 0 Å². The monoisotopic (exact) mass is 483 g/mol. The van der Waals surface area contributed by atoms with Crippen LogP contribution in [0.2, 0.25) is 0 Å². The van der Waals surface area contributed by atoms with E-state index in [1.165, 1.54) is 22.5 Å². The Labute approximate surface area is 207 Å². The zero-order chi connectivity index (χ0) is 23.5. The first-order valence-corrected chi connectivity index (χ1v) is 12.0. The van der Waals surface area contributed by atoms with Gasteiger partial charge >= 0.3 is 0 Å². The molecule has 1 aliphatic rings. The summed E-state index contributed by atoms with van der Waals surface area (Å²) in [6.45, 7) is 0.423. The molecular formula is C28H21NO3S2. The zero-order valence-corrected chi connectivity index (χ0v) is 20.1. The van der Waals surface area contributed by atoms with Gasteiger partial charge in [0.15, 0.2) is 15.8 Å². The second-order valence-corrected chi connectivity index (χ2v) is 9.37. The molecule has 0 radical (unpaired) electrons. The van der Waals surface area contributed by atoms with Crippen LogP contribution in [0, 0.1) is 0 Å².